The van der Waals surface area contributed by atoms with Crippen LogP contribution in [0.3, 0.4) is 0 Å². The molecule has 4 heteroatoms. The van der Waals surface area contributed by atoms with Gasteiger partial charge in [-0.05, 0) is 0 Å². The second-order valence-electron chi connectivity index (χ2n) is 2.46. The average molecular weight is 292 g/mol. The molecule has 0 atom stereocenters. The molecule has 1 rings (SSSR count). The first-order valence-electron chi connectivity index (χ1n) is 3.92. The van der Waals surface area contributed by atoms with Crippen molar-refractivity contribution in [2.45, 2.75) is 0 Å². The Bertz CT molecular complexity index is 276. The zero-order chi connectivity index (χ0) is 9.68. The molecule has 0 aliphatic rings. The van der Waals surface area contributed by atoms with Crippen molar-refractivity contribution in [3.05, 3.63) is 30.3 Å². The summed E-state index contributed by atoms with van der Waals surface area (Å²) in [4.78, 5) is 11.2. The summed E-state index contributed by atoms with van der Waals surface area (Å²) in [5, 5.41) is 2.60. The van der Waals surface area contributed by atoms with E-state index in [1.165, 1.54) is 3.61 Å². The van der Waals surface area contributed by atoms with Crippen LogP contribution in [0.4, 0.5) is 4.79 Å². The van der Waals surface area contributed by atoms with Gasteiger partial charge in [0.2, 0.25) is 0 Å². The number of amides is 2. The van der Waals surface area contributed by atoms with Crippen LogP contribution in [0.15, 0.2) is 30.3 Å². The molecule has 0 aromatic heterocycles. The first-order valence-corrected chi connectivity index (χ1v) is 6.13. The van der Waals surface area contributed by atoms with Crippen LogP contribution in [0.25, 0.3) is 0 Å². The SMILES string of the molecule is CNC(=O)N(C)[Te]c1ccccc1. The van der Waals surface area contributed by atoms with Crippen molar-refractivity contribution in [2.24, 2.45) is 0 Å². The van der Waals surface area contributed by atoms with Crippen molar-refractivity contribution in [3.8, 4) is 0 Å². The fraction of sp³-hybridized carbons (Fsp3) is 0.222. The number of rotatable bonds is 2. The quantitative estimate of drug-likeness (QED) is 0.776. The Labute approximate surface area is 88.6 Å². The number of benzene rings is 1. The zero-order valence-corrected chi connectivity index (χ0v) is 9.98. The van der Waals surface area contributed by atoms with E-state index in [4.69, 9.17) is 0 Å². The molecular formula is C9H12N2OTe. The molecule has 13 heavy (non-hydrogen) atoms. The summed E-state index contributed by atoms with van der Waals surface area (Å²) in [7, 11) is 3.48. The summed E-state index contributed by atoms with van der Waals surface area (Å²) < 4.78 is 3.03. The van der Waals surface area contributed by atoms with Crippen LogP contribution >= 0.6 is 0 Å². The van der Waals surface area contributed by atoms with Gasteiger partial charge in [-0.1, -0.05) is 0 Å². The molecule has 0 spiro atoms. The van der Waals surface area contributed by atoms with Gasteiger partial charge in [-0.2, -0.15) is 0 Å². The average Bonchev–Trinajstić information content (AvgIpc) is 2.18. The summed E-state index contributed by atoms with van der Waals surface area (Å²) >= 11 is -0.543. The van der Waals surface area contributed by atoms with Crippen LogP contribution in [0.2, 0.25) is 0 Å². The zero-order valence-electron chi connectivity index (χ0n) is 7.65. The minimum atomic E-state index is -0.543. The van der Waals surface area contributed by atoms with E-state index >= 15 is 0 Å². The van der Waals surface area contributed by atoms with Gasteiger partial charge in [-0.3, -0.25) is 0 Å². The Hall–Kier alpha value is -0.720. The minimum absolute atomic E-state index is 0.00810. The van der Waals surface area contributed by atoms with Gasteiger partial charge in [-0.15, -0.1) is 0 Å². The van der Waals surface area contributed by atoms with Crippen LogP contribution in [0.1, 0.15) is 0 Å². The molecular weight excluding hydrogens is 280 g/mol. The van der Waals surface area contributed by atoms with E-state index < -0.39 is 21.2 Å². The van der Waals surface area contributed by atoms with Crippen molar-refractivity contribution < 1.29 is 4.79 Å². The molecule has 1 aromatic rings. The Morgan fingerprint density at radius 3 is 2.54 bits per heavy atom. The topological polar surface area (TPSA) is 32.3 Å². The number of carbonyl (C=O) groups excluding carboxylic acids is 1. The Balaban J connectivity index is 2.55. The second kappa shape index (κ2) is 5.11. The van der Waals surface area contributed by atoms with Crippen molar-refractivity contribution in [1.82, 2.24) is 8.47 Å². The summed E-state index contributed by atoms with van der Waals surface area (Å²) in [6, 6.07) is 10.1. The number of hydrogen-bond acceptors (Lipinski definition) is 1. The molecule has 2 amide bonds. The van der Waals surface area contributed by atoms with Crippen molar-refractivity contribution in [1.29, 1.82) is 0 Å². The third-order valence-corrected chi connectivity index (χ3v) is 4.12. The standard InChI is InChI=1S/C9H12N2OTe/c1-10-9(12)11(2)13-8-6-4-3-5-7-8/h3-7H,1-2H3,(H,10,12). The molecule has 0 radical (unpaired) electrons. The molecule has 3 nitrogen and oxygen atoms in total. The number of nitrogens with zero attached hydrogens (tertiary/aromatic N) is 1. The van der Waals surface area contributed by atoms with Gasteiger partial charge in [0.1, 0.15) is 0 Å². The van der Waals surface area contributed by atoms with Crippen LogP contribution < -0.4 is 8.93 Å². The van der Waals surface area contributed by atoms with E-state index in [0.29, 0.717) is 0 Å². The van der Waals surface area contributed by atoms with Crippen molar-refractivity contribution in [3.63, 3.8) is 0 Å². The van der Waals surface area contributed by atoms with Crippen molar-refractivity contribution >= 4 is 30.8 Å². The van der Waals surface area contributed by atoms with E-state index in [9.17, 15) is 4.79 Å². The summed E-state index contributed by atoms with van der Waals surface area (Å²) in [6.07, 6.45) is 0. The van der Waals surface area contributed by atoms with E-state index in [1.807, 2.05) is 25.2 Å². The molecule has 70 valence electrons. The summed E-state index contributed by atoms with van der Waals surface area (Å²) in [5.74, 6) is 0. The fourth-order valence-corrected chi connectivity index (χ4v) is 3.03. The predicted molar refractivity (Wildman–Crippen MR) is 54.0 cm³/mol. The van der Waals surface area contributed by atoms with Crippen molar-refractivity contribution in [2.75, 3.05) is 14.1 Å². The van der Waals surface area contributed by atoms with Gasteiger partial charge in [0.15, 0.2) is 0 Å². The van der Waals surface area contributed by atoms with Gasteiger partial charge in [-0.25, -0.2) is 0 Å². The maximum atomic E-state index is 11.2. The Morgan fingerprint density at radius 1 is 1.38 bits per heavy atom. The third-order valence-electron chi connectivity index (χ3n) is 1.49. The van der Waals surface area contributed by atoms with E-state index in [-0.39, 0.29) is 6.03 Å². The Kier molecular flexibility index (Phi) is 4.07. The predicted octanol–water partition coefficient (Wildman–Crippen LogP) is 0.202. The van der Waals surface area contributed by atoms with Gasteiger partial charge < -0.3 is 0 Å². The molecule has 1 N–H and O–H groups in total. The molecule has 0 heterocycles. The molecule has 0 aliphatic heterocycles. The van der Waals surface area contributed by atoms with Gasteiger partial charge in [0.25, 0.3) is 0 Å². The van der Waals surface area contributed by atoms with Crippen LogP contribution in [-0.4, -0.2) is 44.5 Å². The first kappa shape index (κ1) is 10.4. The molecule has 0 unspecified atom stereocenters. The van der Waals surface area contributed by atoms with E-state index in [1.54, 1.807) is 10.2 Å². The Morgan fingerprint density at radius 2 is 2.00 bits per heavy atom. The molecule has 0 aliphatic carbocycles. The molecule has 0 saturated heterocycles. The maximum absolute atomic E-state index is 11.2. The van der Waals surface area contributed by atoms with Gasteiger partial charge in [0.05, 0.1) is 0 Å². The van der Waals surface area contributed by atoms with Gasteiger partial charge >= 0.3 is 88.5 Å². The number of nitrogens with one attached hydrogen (secondary N) is 1. The van der Waals surface area contributed by atoms with Crippen LogP contribution in [0, 0.1) is 0 Å². The first-order chi connectivity index (χ1) is 6.24. The van der Waals surface area contributed by atoms with Gasteiger partial charge in [0, 0.05) is 0 Å². The second-order valence-corrected chi connectivity index (χ2v) is 5.89. The monoisotopic (exact) mass is 294 g/mol. The normalized spacial score (nSPS) is 9.38. The van der Waals surface area contributed by atoms with E-state index in [2.05, 4.69) is 17.4 Å². The molecule has 0 saturated carbocycles. The van der Waals surface area contributed by atoms with Crippen LogP contribution in [-0.2, 0) is 0 Å². The molecule has 0 fully saturated rings. The number of hydrogen-bond donors (Lipinski definition) is 1. The van der Waals surface area contributed by atoms with Crippen LogP contribution in [0.5, 0.6) is 0 Å². The number of urea groups is 1. The summed E-state index contributed by atoms with van der Waals surface area (Å²) in [5.41, 5.74) is 0. The number of carbonyl (C=O) groups is 1. The third kappa shape index (κ3) is 3.25. The molecule has 1 aromatic carbocycles. The summed E-state index contributed by atoms with van der Waals surface area (Å²) in [6.45, 7) is 0. The van der Waals surface area contributed by atoms with E-state index in [0.717, 1.165) is 0 Å². The fourth-order valence-electron chi connectivity index (χ4n) is 0.838. The molecule has 0 bridgehead atoms.